The van der Waals surface area contributed by atoms with E-state index in [-0.39, 0.29) is 5.82 Å². The maximum absolute atomic E-state index is 6.04. The van der Waals surface area contributed by atoms with Crippen LogP contribution in [0.5, 0.6) is 0 Å². The summed E-state index contributed by atoms with van der Waals surface area (Å²) in [6, 6.07) is 17.8. The molecule has 0 unspecified atom stereocenters. The molecule has 0 saturated heterocycles. The van der Waals surface area contributed by atoms with E-state index in [1.165, 1.54) is 0 Å². The first-order valence-electron chi connectivity index (χ1n) is 8.44. The Hall–Kier alpha value is -2.47. The van der Waals surface area contributed by atoms with Crippen LogP contribution >= 0.6 is 34.8 Å². The Kier molecular flexibility index (Phi) is 5.31. The lowest BCUT2D eigenvalue weighted by molar-refractivity contribution is 0.912. The normalized spacial score (nSPS) is 11.5. The van der Waals surface area contributed by atoms with Gasteiger partial charge in [-0.25, -0.2) is 4.98 Å². The molecule has 8 heteroatoms. The van der Waals surface area contributed by atoms with Gasteiger partial charge in [0.05, 0.1) is 0 Å². The average molecular weight is 431 g/mol. The second-order valence-corrected chi connectivity index (χ2v) is 8.36. The van der Waals surface area contributed by atoms with Gasteiger partial charge in [0.2, 0.25) is 9.74 Å². The molecule has 0 spiro atoms. The number of alkyl halides is 3. The van der Waals surface area contributed by atoms with Crippen molar-refractivity contribution in [2.24, 2.45) is 0 Å². The monoisotopic (exact) mass is 429 g/mol. The number of rotatable bonds is 4. The molecule has 2 aromatic carbocycles. The third kappa shape index (κ3) is 4.33. The zero-order chi connectivity index (χ0) is 19.6. The molecule has 0 aliphatic carbocycles. The Labute approximate surface area is 176 Å². The SMILES string of the molecule is ClC(Cl)(Cl)c1nc(NCc2cccnc2)nc(-c2ccc3ccccc3c2)n1. The lowest BCUT2D eigenvalue weighted by Gasteiger charge is -2.13. The Morgan fingerprint density at radius 2 is 1.68 bits per heavy atom. The van der Waals surface area contributed by atoms with Gasteiger partial charge in [-0.05, 0) is 28.5 Å². The van der Waals surface area contributed by atoms with Crippen LogP contribution in [0.15, 0.2) is 67.0 Å². The first-order valence-corrected chi connectivity index (χ1v) is 9.58. The summed E-state index contributed by atoms with van der Waals surface area (Å²) in [7, 11) is 0. The molecule has 0 fully saturated rings. The molecule has 2 heterocycles. The van der Waals surface area contributed by atoms with Crippen LogP contribution in [0, 0.1) is 0 Å². The summed E-state index contributed by atoms with van der Waals surface area (Å²) in [6.07, 6.45) is 3.47. The average Bonchev–Trinajstić information content (AvgIpc) is 2.72. The standard InChI is InChI=1S/C20H14Cl3N5/c21-20(22,23)18-26-17(16-8-7-14-5-1-2-6-15(14)10-16)27-19(28-18)25-12-13-4-3-9-24-11-13/h1-11H,12H2,(H,25,26,27,28). The molecule has 0 aliphatic heterocycles. The van der Waals surface area contributed by atoms with Crippen molar-refractivity contribution in [3.63, 3.8) is 0 Å². The molecule has 0 bridgehead atoms. The summed E-state index contributed by atoms with van der Waals surface area (Å²) >= 11 is 18.1. The number of anilines is 1. The third-order valence-electron chi connectivity index (χ3n) is 4.07. The highest BCUT2D eigenvalue weighted by Gasteiger charge is 2.28. The molecule has 140 valence electrons. The summed E-state index contributed by atoms with van der Waals surface area (Å²) in [5, 5.41) is 5.33. The topological polar surface area (TPSA) is 63.6 Å². The van der Waals surface area contributed by atoms with Crippen LogP contribution in [-0.2, 0) is 10.3 Å². The second-order valence-electron chi connectivity index (χ2n) is 6.08. The van der Waals surface area contributed by atoms with Gasteiger partial charge in [-0.1, -0.05) is 77.3 Å². The lowest BCUT2D eigenvalue weighted by atomic mass is 10.1. The molecule has 0 amide bonds. The fourth-order valence-electron chi connectivity index (χ4n) is 2.72. The van der Waals surface area contributed by atoms with Gasteiger partial charge in [-0.15, -0.1) is 0 Å². The highest BCUT2D eigenvalue weighted by Crippen LogP contribution is 2.37. The zero-order valence-corrected chi connectivity index (χ0v) is 16.7. The van der Waals surface area contributed by atoms with E-state index in [1.54, 1.807) is 12.4 Å². The van der Waals surface area contributed by atoms with Crippen LogP contribution in [0.4, 0.5) is 5.95 Å². The number of hydrogen-bond acceptors (Lipinski definition) is 5. The van der Waals surface area contributed by atoms with Crippen LogP contribution in [-0.4, -0.2) is 19.9 Å². The Balaban J connectivity index is 1.72. The van der Waals surface area contributed by atoms with Gasteiger partial charge in [0, 0.05) is 24.5 Å². The predicted molar refractivity (Wildman–Crippen MR) is 114 cm³/mol. The van der Waals surface area contributed by atoms with Crippen molar-refractivity contribution in [3.8, 4) is 11.4 Å². The molecule has 4 rings (SSSR count). The van der Waals surface area contributed by atoms with E-state index in [0.29, 0.717) is 18.3 Å². The van der Waals surface area contributed by atoms with E-state index in [9.17, 15) is 0 Å². The zero-order valence-electron chi connectivity index (χ0n) is 14.5. The van der Waals surface area contributed by atoms with Gasteiger partial charge in [0.25, 0.3) is 0 Å². The van der Waals surface area contributed by atoms with Gasteiger partial charge >= 0.3 is 0 Å². The van der Waals surface area contributed by atoms with Gasteiger partial charge in [0.1, 0.15) is 0 Å². The molecule has 5 nitrogen and oxygen atoms in total. The summed E-state index contributed by atoms with van der Waals surface area (Å²) in [4.78, 5) is 17.2. The Morgan fingerprint density at radius 1 is 0.857 bits per heavy atom. The van der Waals surface area contributed by atoms with Crippen molar-refractivity contribution in [2.45, 2.75) is 10.3 Å². The Morgan fingerprint density at radius 3 is 2.43 bits per heavy atom. The van der Waals surface area contributed by atoms with Gasteiger partial charge in [-0.2, -0.15) is 9.97 Å². The Bertz CT molecular complexity index is 1110. The molecule has 0 saturated carbocycles. The molecule has 0 radical (unpaired) electrons. The first kappa shape index (κ1) is 18.9. The van der Waals surface area contributed by atoms with E-state index in [4.69, 9.17) is 34.8 Å². The van der Waals surface area contributed by atoms with E-state index < -0.39 is 3.79 Å². The summed E-state index contributed by atoms with van der Waals surface area (Å²) < 4.78 is -1.76. The molecular formula is C20H14Cl3N5. The van der Waals surface area contributed by atoms with Crippen LogP contribution in [0.2, 0.25) is 0 Å². The van der Waals surface area contributed by atoms with Crippen LogP contribution in [0.25, 0.3) is 22.2 Å². The van der Waals surface area contributed by atoms with Crippen LogP contribution < -0.4 is 5.32 Å². The van der Waals surface area contributed by atoms with Crippen molar-refractivity contribution in [1.29, 1.82) is 0 Å². The number of hydrogen-bond donors (Lipinski definition) is 1. The van der Waals surface area contributed by atoms with Gasteiger partial charge in [-0.3, -0.25) is 4.98 Å². The molecular weight excluding hydrogens is 417 g/mol. The van der Waals surface area contributed by atoms with Crippen molar-refractivity contribution in [2.75, 3.05) is 5.32 Å². The van der Waals surface area contributed by atoms with E-state index in [0.717, 1.165) is 21.9 Å². The van der Waals surface area contributed by atoms with Crippen molar-refractivity contribution in [3.05, 3.63) is 78.4 Å². The minimum absolute atomic E-state index is 0.0596. The molecule has 4 aromatic rings. The minimum Gasteiger partial charge on any atom is -0.350 e. The molecule has 0 atom stereocenters. The second kappa shape index (κ2) is 7.87. The number of aromatic nitrogens is 4. The molecule has 2 aromatic heterocycles. The number of pyridine rings is 1. The van der Waals surface area contributed by atoms with Crippen LogP contribution in [0.1, 0.15) is 11.4 Å². The van der Waals surface area contributed by atoms with Gasteiger partial charge < -0.3 is 5.32 Å². The van der Waals surface area contributed by atoms with E-state index in [1.807, 2.05) is 54.6 Å². The summed E-state index contributed by atoms with van der Waals surface area (Å²) in [6.45, 7) is 0.480. The highest BCUT2D eigenvalue weighted by atomic mass is 35.6. The summed E-state index contributed by atoms with van der Waals surface area (Å²) in [5.74, 6) is 0.809. The number of benzene rings is 2. The number of nitrogens with zero attached hydrogens (tertiary/aromatic N) is 4. The van der Waals surface area contributed by atoms with Crippen LogP contribution in [0.3, 0.4) is 0 Å². The van der Waals surface area contributed by atoms with Crippen molar-refractivity contribution < 1.29 is 0 Å². The lowest BCUT2D eigenvalue weighted by Crippen LogP contribution is -2.13. The molecule has 0 aliphatic rings. The fraction of sp³-hybridized carbons (Fsp3) is 0.100. The maximum Gasteiger partial charge on any atom is 0.250 e. The maximum atomic E-state index is 6.04. The number of nitrogens with one attached hydrogen (secondary N) is 1. The summed E-state index contributed by atoms with van der Waals surface area (Å²) in [5.41, 5.74) is 1.78. The fourth-order valence-corrected chi connectivity index (χ4v) is 2.98. The molecule has 1 N–H and O–H groups in total. The quantitative estimate of drug-likeness (QED) is 0.432. The first-order chi connectivity index (χ1) is 13.5. The third-order valence-corrected chi connectivity index (χ3v) is 4.58. The van der Waals surface area contributed by atoms with Crippen molar-refractivity contribution >= 4 is 51.5 Å². The highest BCUT2D eigenvalue weighted by molar-refractivity contribution is 6.66. The van der Waals surface area contributed by atoms with Gasteiger partial charge in [0.15, 0.2) is 11.6 Å². The van der Waals surface area contributed by atoms with Crippen molar-refractivity contribution in [1.82, 2.24) is 19.9 Å². The van der Waals surface area contributed by atoms with E-state index in [2.05, 4.69) is 25.3 Å². The predicted octanol–water partition coefficient (Wildman–Crippen LogP) is 5.53. The molecule has 28 heavy (non-hydrogen) atoms. The number of halogens is 3. The largest absolute Gasteiger partial charge is 0.350 e. The minimum atomic E-state index is -1.76. The smallest absolute Gasteiger partial charge is 0.250 e. The number of fused-ring (bicyclic) bond motifs is 1. The van der Waals surface area contributed by atoms with E-state index >= 15 is 0 Å².